The number of nitrogens with zero attached hydrogens (tertiary/aromatic N) is 1. The second-order valence-electron chi connectivity index (χ2n) is 4.37. The molecule has 15 heavy (non-hydrogen) atoms. The van der Waals surface area contributed by atoms with Crippen molar-refractivity contribution in [1.82, 2.24) is 0 Å². The van der Waals surface area contributed by atoms with Crippen LogP contribution in [0.3, 0.4) is 0 Å². The second kappa shape index (κ2) is 3.07. The van der Waals surface area contributed by atoms with Crippen LogP contribution in [0.5, 0.6) is 0 Å². The summed E-state index contributed by atoms with van der Waals surface area (Å²) in [6.07, 6.45) is 0. The number of fused-ring (bicyclic) bond motifs is 1. The minimum Gasteiger partial charge on any atom is -0.330 e. The number of amides is 1. The maximum Gasteiger partial charge on any atom is 0.230 e. The van der Waals surface area contributed by atoms with E-state index in [0.717, 1.165) is 12.2 Å². The van der Waals surface area contributed by atoms with Crippen molar-refractivity contribution in [2.75, 3.05) is 18.0 Å². The van der Waals surface area contributed by atoms with Crippen LogP contribution in [0.15, 0.2) is 30.3 Å². The van der Waals surface area contributed by atoms with Crippen LogP contribution < -0.4 is 10.6 Å². The summed E-state index contributed by atoms with van der Waals surface area (Å²) < 4.78 is 0. The van der Waals surface area contributed by atoms with Crippen LogP contribution in [0, 0.1) is 17.8 Å². The van der Waals surface area contributed by atoms with Crippen LogP contribution >= 0.6 is 0 Å². The number of carbonyl (C=O) groups is 1. The maximum atomic E-state index is 12.0. The zero-order valence-corrected chi connectivity index (χ0v) is 8.47. The molecule has 0 aromatic heterocycles. The molecule has 1 saturated heterocycles. The highest BCUT2D eigenvalue weighted by Gasteiger charge is 2.60. The summed E-state index contributed by atoms with van der Waals surface area (Å²) in [6.45, 7) is 1.51. The molecule has 1 aliphatic carbocycles. The van der Waals surface area contributed by atoms with E-state index in [2.05, 4.69) is 0 Å². The van der Waals surface area contributed by atoms with Crippen LogP contribution in [-0.2, 0) is 4.79 Å². The van der Waals surface area contributed by atoms with E-state index in [0.29, 0.717) is 18.4 Å². The molecule has 1 aromatic rings. The molecule has 2 N–H and O–H groups in total. The van der Waals surface area contributed by atoms with Gasteiger partial charge in [0.2, 0.25) is 5.91 Å². The van der Waals surface area contributed by atoms with Gasteiger partial charge in [-0.1, -0.05) is 18.2 Å². The predicted octanol–water partition coefficient (Wildman–Crippen LogP) is 0.854. The van der Waals surface area contributed by atoms with Crippen molar-refractivity contribution in [3.8, 4) is 0 Å². The van der Waals surface area contributed by atoms with Gasteiger partial charge in [0.15, 0.2) is 0 Å². The number of anilines is 1. The zero-order chi connectivity index (χ0) is 10.4. The lowest BCUT2D eigenvalue weighted by molar-refractivity contribution is -0.119. The molecule has 2 aliphatic rings. The molecule has 3 unspecified atom stereocenters. The molecule has 1 heterocycles. The molecule has 3 nitrogen and oxygen atoms in total. The molecule has 1 aromatic carbocycles. The lowest BCUT2D eigenvalue weighted by Gasteiger charge is -2.19. The molecule has 3 atom stereocenters. The van der Waals surface area contributed by atoms with Crippen molar-refractivity contribution < 1.29 is 4.79 Å². The Morgan fingerprint density at radius 1 is 1.33 bits per heavy atom. The van der Waals surface area contributed by atoms with E-state index in [1.165, 1.54) is 0 Å². The molecule has 0 radical (unpaired) electrons. The van der Waals surface area contributed by atoms with E-state index in [1.54, 1.807) is 0 Å². The van der Waals surface area contributed by atoms with Crippen molar-refractivity contribution >= 4 is 11.6 Å². The first-order chi connectivity index (χ1) is 7.33. The Kier molecular flexibility index (Phi) is 1.83. The molecule has 0 bridgehead atoms. The Morgan fingerprint density at radius 2 is 2.07 bits per heavy atom. The number of piperidine rings is 1. The second-order valence-corrected chi connectivity index (χ2v) is 4.37. The first-order valence-electron chi connectivity index (χ1n) is 5.39. The Morgan fingerprint density at radius 3 is 2.60 bits per heavy atom. The highest BCUT2D eigenvalue weighted by molar-refractivity contribution is 6.00. The highest BCUT2D eigenvalue weighted by Crippen LogP contribution is 2.52. The van der Waals surface area contributed by atoms with Gasteiger partial charge in [0, 0.05) is 18.2 Å². The van der Waals surface area contributed by atoms with E-state index in [-0.39, 0.29) is 11.8 Å². The Labute approximate surface area is 88.9 Å². The lowest BCUT2D eigenvalue weighted by atomic mass is 10.2. The van der Waals surface area contributed by atoms with Gasteiger partial charge in [-0.2, -0.15) is 0 Å². The summed E-state index contributed by atoms with van der Waals surface area (Å²) in [5, 5.41) is 0. The average molecular weight is 202 g/mol. The van der Waals surface area contributed by atoms with E-state index >= 15 is 0 Å². The third kappa shape index (κ3) is 1.20. The van der Waals surface area contributed by atoms with Gasteiger partial charge in [0.05, 0.1) is 0 Å². The molecule has 1 aliphatic heterocycles. The molecular weight excluding hydrogens is 188 g/mol. The average Bonchev–Trinajstić information content (AvgIpc) is 2.89. The van der Waals surface area contributed by atoms with Gasteiger partial charge in [-0.3, -0.25) is 4.79 Å². The van der Waals surface area contributed by atoms with E-state index in [9.17, 15) is 4.79 Å². The number of carbonyl (C=O) groups excluding carboxylic acids is 1. The van der Waals surface area contributed by atoms with Gasteiger partial charge in [-0.05, 0) is 30.5 Å². The van der Waals surface area contributed by atoms with Crippen molar-refractivity contribution in [1.29, 1.82) is 0 Å². The normalized spacial score (nSPS) is 33.0. The van der Waals surface area contributed by atoms with Crippen LogP contribution in [0.2, 0.25) is 0 Å². The molecule has 3 heteroatoms. The van der Waals surface area contributed by atoms with E-state index in [1.807, 2.05) is 35.2 Å². The third-order valence-corrected chi connectivity index (χ3v) is 3.62. The highest BCUT2D eigenvalue weighted by atomic mass is 16.2. The van der Waals surface area contributed by atoms with Crippen LogP contribution in [-0.4, -0.2) is 19.0 Å². The topological polar surface area (TPSA) is 46.3 Å². The van der Waals surface area contributed by atoms with Crippen LogP contribution in [0.25, 0.3) is 0 Å². The Balaban J connectivity index is 1.81. The first kappa shape index (κ1) is 8.92. The van der Waals surface area contributed by atoms with Gasteiger partial charge < -0.3 is 10.6 Å². The number of hydrogen-bond acceptors (Lipinski definition) is 2. The molecular formula is C12H14N2O. The number of benzene rings is 1. The van der Waals surface area contributed by atoms with E-state index < -0.39 is 0 Å². The minimum absolute atomic E-state index is 0.218. The molecule has 1 amide bonds. The molecule has 3 rings (SSSR count). The lowest BCUT2D eigenvalue weighted by Crippen LogP contribution is -2.31. The van der Waals surface area contributed by atoms with Gasteiger partial charge in [0.1, 0.15) is 0 Å². The quantitative estimate of drug-likeness (QED) is 0.773. The largest absolute Gasteiger partial charge is 0.330 e. The third-order valence-electron chi connectivity index (χ3n) is 3.62. The first-order valence-corrected chi connectivity index (χ1v) is 5.39. The fourth-order valence-electron chi connectivity index (χ4n) is 2.70. The number of nitrogens with two attached hydrogens (primary N) is 1. The van der Waals surface area contributed by atoms with Gasteiger partial charge >= 0.3 is 0 Å². The van der Waals surface area contributed by atoms with Crippen LogP contribution in [0.4, 0.5) is 5.69 Å². The number of rotatable bonds is 2. The smallest absolute Gasteiger partial charge is 0.230 e. The summed E-state index contributed by atoms with van der Waals surface area (Å²) in [5.41, 5.74) is 6.62. The van der Waals surface area contributed by atoms with Crippen molar-refractivity contribution in [2.24, 2.45) is 23.5 Å². The summed E-state index contributed by atoms with van der Waals surface area (Å²) >= 11 is 0. The van der Waals surface area contributed by atoms with E-state index in [4.69, 9.17) is 5.73 Å². The van der Waals surface area contributed by atoms with Crippen molar-refractivity contribution in [2.45, 2.75) is 0 Å². The molecule has 2 fully saturated rings. The Hall–Kier alpha value is -1.35. The number of hydrogen-bond donors (Lipinski definition) is 1. The monoisotopic (exact) mass is 202 g/mol. The SMILES string of the molecule is NCC1C2CN(c3ccccc3)C(=O)C12. The Bertz CT molecular complexity index is 390. The zero-order valence-electron chi connectivity index (χ0n) is 8.47. The maximum absolute atomic E-state index is 12.0. The molecule has 78 valence electrons. The van der Waals surface area contributed by atoms with Crippen molar-refractivity contribution in [3.63, 3.8) is 0 Å². The summed E-state index contributed by atoms with van der Waals surface area (Å²) in [5.74, 6) is 1.46. The summed E-state index contributed by atoms with van der Waals surface area (Å²) in [7, 11) is 0. The predicted molar refractivity (Wildman–Crippen MR) is 58.3 cm³/mol. The van der Waals surface area contributed by atoms with Gasteiger partial charge in [-0.25, -0.2) is 0 Å². The molecule has 0 spiro atoms. The van der Waals surface area contributed by atoms with Crippen LogP contribution in [0.1, 0.15) is 0 Å². The summed E-state index contributed by atoms with van der Waals surface area (Å²) in [4.78, 5) is 13.9. The minimum atomic E-state index is 0.218. The summed E-state index contributed by atoms with van der Waals surface area (Å²) in [6, 6.07) is 9.87. The standard InChI is InChI=1S/C12H14N2O/c13-6-9-10-7-14(12(15)11(9)10)8-4-2-1-3-5-8/h1-5,9-11H,6-7,13H2. The molecule has 1 saturated carbocycles. The fourth-order valence-corrected chi connectivity index (χ4v) is 2.70. The van der Waals surface area contributed by atoms with Crippen molar-refractivity contribution in [3.05, 3.63) is 30.3 Å². The van der Waals surface area contributed by atoms with Gasteiger partial charge in [-0.15, -0.1) is 0 Å². The fraction of sp³-hybridized carbons (Fsp3) is 0.417. The van der Waals surface area contributed by atoms with Gasteiger partial charge in [0.25, 0.3) is 0 Å². The number of para-hydroxylation sites is 1.